The number of carboxylic acids is 1. The number of nitrogens with one attached hydrogen (secondary N) is 1. The summed E-state index contributed by atoms with van der Waals surface area (Å²) in [5.74, 6) is -0.900. The average Bonchev–Trinajstić information content (AvgIpc) is 2.56. The second-order valence-corrected chi connectivity index (χ2v) is 8.44. The van der Waals surface area contributed by atoms with E-state index in [1.54, 1.807) is 0 Å². The summed E-state index contributed by atoms with van der Waals surface area (Å²) in [5, 5.41) is 11.9. The van der Waals surface area contributed by atoms with E-state index < -0.39 is 5.97 Å². The molecule has 1 amide bonds. The van der Waals surface area contributed by atoms with Crippen molar-refractivity contribution < 1.29 is 19.2 Å². The summed E-state index contributed by atoms with van der Waals surface area (Å²) in [6.45, 7) is 0.611. The highest BCUT2D eigenvalue weighted by molar-refractivity contribution is 5.77. The zero-order valence-electron chi connectivity index (χ0n) is 18.0. The molecule has 1 aromatic rings. The Kier molecular flexibility index (Phi) is 13.2. The molecule has 0 aliphatic heterocycles. The molecule has 1 atom stereocenters. The Morgan fingerprint density at radius 2 is 1.54 bits per heavy atom. The maximum atomic E-state index is 12.1. The topological polar surface area (TPSA) is 101 Å². The maximum Gasteiger partial charge on any atom is 0.305 e. The molecule has 0 heterocycles. The molecule has 0 unspecified atom stereocenters. The number of hydrogen-bond donors (Lipinski definition) is 3. The summed E-state index contributed by atoms with van der Waals surface area (Å²) >= 11 is 0. The Morgan fingerprint density at radius 1 is 0.964 bits per heavy atom. The molecule has 0 aliphatic rings. The number of carboxylic acid groups (broad SMARTS) is 1. The van der Waals surface area contributed by atoms with Gasteiger partial charge in [0.2, 0.25) is 5.91 Å². The molecule has 160 valence electrons. The number of likely N-dealkylation sites (N-methyl/N-ethyl adjacent to an activating group) is 1. The zero-order chi connectivity index (χ0) is 20.1. The van der Waals surface area contributed by atoms with Crippen molar-refractivity contribution in [2.75, 3.05) is 27.7 Å². The molecule has 0 spiro atoms. The van der Waals surface area contributed by atoms with Gasteiger partial charge in [-0.1, -0.05) is 56.0 Å². The summed E-state index contributed by atoms with van der Waals surface area (Å²) in [6.07, 6.45) is 8.32. The third-order valence-electron chi connectivity index (χ3n) is 4.52. The first-order valence-corrected chi connectivity index (χ1v) is 10.1. The Bertz CT molecular complexity index is 556. The van der Waals surface area contributed by atoms with Gasteiger partial charge in [0.15, 0.2) is 0 Å². The lowest BCUT2D eigenvalue weighted by Crippen LogP contribution is -2.49. The lowest BCUT2D eigenvalue weighted by atomic mass is 10.0. The molecule has 0 saturated heterocycles. The first-order valence-electron chi connectivity index (χ1n) is 10.1. The van der Waals surface area contributed by atoms with Crippen molar-refractivity contribution >= 4 is 11.9 Å². The summed E-state index contributed by atoms with van der Waals surface area (Å²) in [5.41, 5.74) is 1.40. The Labute approximate surface area is 170 Å². The molecule has 6 nitrogen and oxygen atoms in total. The number of hydrogen-bond acceptors (Lipinski definition) is 3. The number of quaternary nitrogens is 1. The van der Waals surface area contributed by atoms with Gasteiger partial charge in [-0.25, -0.2) is 0 Å². The SMILES string of the molecule is C[N+](C)(C)C[C@@H](CC(=O)O)NC(=O)CCCCCCCCc1ccccc1.N. The minimum Gasteiger partial charge on any atom is -0.481 e. The molecule has 1 aromatic carbocycles. The molecule has 1 rings (SSSR count). The predicted octanol–water partition coefficient (Wildman–Crippen LogP) is 3.79. The second-order valence-electron chi connectivity index (χ2n) is 8.44. The van der Waals surface area contributed by atoms with E-state index in [1.807, 2.05) is 27.2 Å². The Hall–Kier alpha value is -1.92. The summed E-state index contributed by atoms with van der Waals surface area (Å²) in [7, 11) is 6.00. The van der Waals surface area contributed by atoms with Gasteiger partial charge in [0.1, 0.15) is 0 Å². The van der Waals surface area contributed by atoms with Crippen LogP contribution in [0.5, 0.6) is 0 Å². The van der Waals surface area contributed by atoms with Crippen LogP contribution in [0.15, 0.2) is 30.3 Å². The smallest absolute Gasteiger partial charge is 0.305 e. The zero-order valence-corrected chi connectivity index (χ0v) is 18.0. The fourth-order valence-electron chi connectivity index (χ4n) is 3.30. The van der Waals surface area contributed by atoms with E-state index in [1.165, 1.54) is 24.8 Å². The lowest BCUT2D eigenvalue weighted by Gasteiger charge is -2.29. The Balaban J connectivity index is 0.00000729. The van der Waals surface area contributed by atoms with Crippen molar-refractivity contribution in [1.82, 2.24) is 11.5 Å². The minimum atomic E-state index is -0.871. The molecule has 0 saturated carbocycles. The maximum absolute atomic E-state index is 12.1. The number of unbranched alkanes of at least 4 members (excludes halogenated alkanes) is 5. The van der Waals surface area contributed by atoms with Crippen LogP contribution in [-0.4, -0.2) is 55.2 Å². The van der Waals surface area contributed by atoms with E-state index in [4.69, 9.17) is 5.11 Å². The summed E-state index contributed by atoms with van der Waals surface area (Å²) in [4.78, 5) is 23.1. The summed E-state index contributed by atoms with van der Waals surface area (Å²) < 4.78 is 0.626. The van der Waals surface area contributed by atoms with E-state index in [0.29, 0.717) is 17.4 Å². The number of carbonyl (C=O) groups is 2. The van der Waals surface area contributed by atoms with Crippen molar-refractivity contribution in [2.24, 2.45) is 0 Å². The van der Waals surface area contributed by atoms with Gasteiger partial charge in [0, 0.05) is 6.42 Å². The van der Waals surface area contributed by atoms with Crippen LogP contribution in [0.1, 0.15) is 56.9 Å². The quantitative estimate of drug-likeness (QED) is 0.330. The molecule has 0 aromatic heterocycles. The molecule has 28 heavy (non-hydrogen) atoms. The largest absolute Gasteiger partial charge is 0.481 e. The van der Waals surface area contributed by atoms with Crippen LogP contribution in [0.3, 0.4) is 0 Å². The standard InChI is InChI=1S/C22H36N2O3.H3N/c1-24(2,3)18-20(17-22(26)27)23-21(25)16-12-7-5-4-6-9-13-19-14-10-8-11-15-19;/h8,10-11,14-15,20H,4-7,9,12-13,16-18H2,1-3H3,(H-,23,25,26,27);1H3/p+1/t20-;/m1./s1. The van der Waals surface area contributed by atoms with Crippen LogP contribution in [0.4, 0.5) is 0 Å². The first-order chi connectivity index (χ1) is 12.8. The molecule has 0 bridgehead atoms. The van der Waals surface area contributed by atoms with E-state index in [9.17, 15) is 9.59 Å². The van der Waals surface area contributed by atoms with Crippen LogP contribution >= 0.6 is 0 Å². The van der Waals surface area contributed by atoms with E-state index >= 15 is 0 Å². The fourth-order valence-corrected chi connectivity index (χ4v) is 3.30. The molecular weight excluding hydrogens is 354 g/mol. The molecule has 6 heteroatoms. The van der Waals surface area contributed by atoms with Crippen LogP contribution in [0.25, 0.3) is 0 Å². The van der Waals surface area contributed by atoms with Crippen molar-refractivity contribution in [2.45, 2.75) is 63.8 Å². The van der Waals surface area contributed by atoms with Gasteiger partial charge >= 0.3 is 5.97 Å². The summed E-state index contributed by atoms with van der Waals surface area (Å²) in [6, 6.07) is 10.3. The van der Waals surface area contributed by atoms with Gasteiger partial charge in [-0.15, -0.1) is 0 Å². The lowest BCUT2D eigenvalue weighted by molar-refractivity contribution is -0.871. The highest BCUT2D eigenvalue weighted by atomic mass is 16.4. The molecule has 0 aliphatic carbocycles. The fraction of sp³-hybridized carbons (Fsp3) is 0.636. The number of nitrogens with zero attached hydrogens (tertiary/aromatic N) is 1. The minimum absolute atomic E-state index is 0. The number of amides is 1. The normalized spacial score (nSPS) is 12.1. The number of benzene rings is 1. The number of rotatable bonds is 14. The number of aliphatic carboxylic acids is 1. The van der Waals surface area contributed by atoms with Gasteiger partial charge in [-0.05, 0) is 24.8 Å². The van der Waals surface area contributed by atoms with Gasteiger partial charge in [0.25, 0.3) is 0 Å². The molecular formula is C22H40N3O3+. The molecule has 0 fully saturated rings. The van der Waals surface area contributed by atoms with Gasteiger partial charge < -0.3 is 21.1 Å². The molecule has 0 radical (unpaired) electrons. The van der Waals surface area contributed by atoms with Crippen LogP contribution in [0, 0.1) is 0 Å². The first kappa shape index (κ1) is 26.1. The number of aryl methyl sites for hydroxylation is 1. The number of carbonyl (C=O) groups excluding carboxylic acids is 1. The molecule has 5 N–H and O–H groups in total. The van der Waals surface area contributed by atoms with Gasteiger partial charge in [-0.3, -0.25) is 9.59 Å². The van der Waals surface area contributed by atoms with Crippen molar-refractivity contribution in [3.63, 3.8) is 0 Å². The third kappa shape index (κ3) is 14.2. The predicted molar refractivity (Wildman–Crippen MR) is 115 cm³/mol. The van der Waals surface area contributed by atoms with Gasteiger partial charge in [0.05, 0.1) is 40.2 Å². The Morgan fingerprint density at radius 3 is 2.11 bits per heavy atom. The van der Waals surface area contributed by atoms with Crippen molar-refractivity contribution in [1.29, 1.82) is 0 Å². The van der Waals surface area contributed by atoms with Crippen molar-refractivity contribution in [3.05, 3.63) is 35.9 Å². The highest BCUT2D eigenvalue weighted by Gasteiger charge is 2.22. The van der Waals surface area contributed by atoms with Crippen molar-refractivity contribution in [3.8, 4) is 0 Å². The third-order valence-corrected chi connectivity index (χ3v) is 4.52. The highest BCUT2D eigenvalue weighted by Crippen LogP contribution is 2.11. The van der Waals surface area contributed by atoms with Crippen LogP contribution < -0.4 is 11.5 Å². The van der Waals surface area contributed by atoms with E-state index in [-0.39, 0.29) is 24.5 Å². The van der Waals surface area contributed by atoms with E-state index in [0.717, 1.165) is 25.7 Å². The van der Waals surface area contributed by atoms with Crippen LogP contribution in [0.2, 0.25) is 0 Å². The van der Waals surface area contributed by atoms with Crippen LogP contribution in [-0.2, 0) is 16.0 Å². The monoisotopic (exact) mass is 394 g/mol. The van der Waals surface area contributed by atoms with Gasteiger partial charge in [-0.2, -0.15) is 0 Å². The average molecular weight is 395 g/mol. The second kappa shape index (κ2) is 14.1. The van der Waals surface area contributed by atoms with E-state index in [2.05, 4.69) is 29.6 Å².